The number of methoxy groups -OCH3 is 1. The normalized spacial score (nSPS) is 31.7. The topological polar surface area (TPSA) is 126 Å². The van der Waals surface area contributed by atoms with Crippen LogP contribution >= 0.6 is 0 Å². The largest absolute Gasteiger partial charge is 0.511 e. The van der Waals surface area contributed by atoms with Crippen LogP contribution < -0.4 is 4.74 Å². The first-order valence-corrected chi connectivity index (χ1v) is 12.1. The van der Waals surface area contributed by atoms with Crippen LogP contribution in [0.25, 0.3) is 0 Å². The van der Waals surface area contributed by atoms with E-state index in [2.05, 4.69) is 0 Å². The van der Waals surface area contributed by atoms with Crippen LogP contribution in [0.1, 0.15) is 65.0 Å². The van der Waals surface area contributed by atoms with Crippen molar-refractivity contribution < 1.29 is 39.4 Å². The third kappa shape index (κ3) is 4.79. The standard InChI is InChI=1S/C27H36O8/c1-14(26(2,3)32)8-10-27(4)11-9-16-18(35-27)13-20-21(22(16)29)23(30)24(31)25(34-20)15-6-7-17(28)19(12-15)33-5/h6-7,12-14,20-21,24-25,28-29,31-32H,8-11H2,1-5H3/t14?,20?,21?,24-,25+,27?/m0/s1. The minimum absolute atomic E-state index is 0.0652. The van der Waals surface area contributed by atoms with E-state index in [9.17, 15) is 25.2 Å². The first-order chi connectivity index (χ1) is 16.3. The van der Waals surface area contributed by atoms with E-state index in [1.807, 2.05) is 13.8 Å². The van der Waals surface area contributed by atoms with Gasteiger partial charge in [-0.15, -0.1) is 0 Å². The second-order valence-electron chi connectivity index (χ2n) is 10.8. The minimum Gasteiger partial charge on any atom is -0.511 e. The van der Waals surface area contributed by atoms with E-state index in [0.29, 0.717) is 29.7 Å². The monoisotopic (exact) mass is 488 g/mol. The molecule has 4 rings (SSSR count). The summed E-state index contributed by atoms with van der Waals surface area (Å²) >= 11 is 0. The van der Waals surface area contributed by atoms with Gasteiger partial charge in [0.05, 0.1) is 18.8 Å². The maximum atomic E-state index is 13.1. The quantitative estimate of drug-likeness (QED) is 0.476. The molecule has 8 heteroatoms. The predicted molar refractivity (Wildman–Crippen MR) is 128 cm³/mol. The van der Waals surface area contributed by atoms with Gasteiger partial charge >= 0.3 is 0 Å². The van der Waals surface area contributed by atoms with Gasteiger partial charge in [0.25, 0.3) is 0 Å². The van der Waals surface area contributed by atoms with Crippen LogP contribution in [-0.4, -0.2) is 56.7 Å². The fraction of sp³-hybridized carbons (Fsp3) is 0.593. The number of fused-ring (bicyclic) bond motifs is 2. The highest BCUT2D eigenvalue weighted by atomic mass is 16.5. The third-order valence-electron chi connectivity index (χ3n) is 7.84. The number of phenolic OH excluding ortho intramolecular Hbond substituents is 1. The summed E-state index contributed by atoms with van der Waals surface area (Å²) in [5.74, 6) is -0.907. The SMILES string of the molecule is COc1cc([C@H]2OC3C=C4OC(C)(CCC(C)C(C)(C)O)CCC4=C(O)C3C(=O)[C@@H]2O)ccc1O. The second kappa shape index (κ2) is 9.15. The molecule has 0 saturated carbocycles. The van der Waals surface area contributed by atoms with E-state index in [4.69, 9.17) is 14.2 Å². The van der Waals surface area contributed by atoms with E-state index in [0.717, 1.165) is 12.8 Å². The van der Waals surface area contributed by atoms with Gasteiger partial charge in [0.1, 0.15) is 35.2 Å². The van der Waals surface area contributed by atoms with Gasteiger partial charge in [-0.3, -0.25) is 4.79 Å². The molecule has 0 spiro atoms. The Bertz CT molecular complexity index is 1050. The number of rotatable bonds is 6. The molecule has 8 nitrogen and oxygen atoms in total. The summed E-state index contributed by atoms with van der Waals surface area (Å²) in [6.45, 7) is 7.64. The molecule has 2 fully saturated rings. The molecule has 0 bridgehead atoms. The van der Waals surface area contributed by atoms with Crippen LogP contribution in [-0.2, 0) is 14.3 Å². The molecule has 2 aliphatic heterocycles. The van der Waals surface area contributed by atoms with Gasteiger partial charge in [0, 0.05) is 5.57 Å². The van der Waals surface area contributed by atoms with E-state index < -0.39 is 41.2 Å². The summed E-state index contributed by atoms with van der Waals surface area (Å²) in [5.41, 5.74) is -0.215. The highest BCUT2D eigenvalue weighted by Crippen LogP contribution is 2.47. The number of allylic oxidation sites excluding steroid dienone is 1. The van der Waals surface area contributed by atoms with Gasteiger partial charge in [-0.1, -0.05) is 13.0 Å². The van der Waals surface area contributed by atoms with E-state index in [1.165, 1.54) is 19.2 Å². The maximum Gasteiger partial charge on any atom is 0.177 e. The number of aliphatic hydroxyl groups excluding tert-OH is 2. The van der Waals surface area contributed by atoms with Gasteiger partial charge in [0.2, 0.25) is 0 Å². The fourth-order valence-electron chi connectivity index (χ4n) is 5.04. The molecule has 2 saturated heterocycles. The van der Waals surface area contributed by atoms with Crippen molar-refractivity contribution in [3.8, 4) is 11.5 Å². The number of phenols is 1. The minimum atomic E-state index is -1.48. The highest BCUT2D eigenvalue weighted by molar-refractivity contribution is 5.90. The molecule has 3 aliphatic rings. The number of hydrogen-bond acceptors (Lipinski definition) is 8. The Hall–Kier alpha value is -2.55. The van der Waals surface area contributed by atoms with Gasteiger partial charge in [-0.05, 0) is 76.1 Å². The van der Waals surface area contributed by atoms with Crippen LogP contribution in [0.2, 0.25) is 0 Å². The van der Waals surface area contributed by atoms with Crippen molar-refractivity contribution in [1.29, 1.82) is 0 Å². The van der Waals surface area contributed by atoms with Gasteiger partial charge in [-0.2, -0.15) is 0 Å². The number of carbonyl (C=O) groups excluding carboxylic acids is 1. The van der Waals surface area contributed by atoms with Crippen molar-refractivity contribution in [2.75, 3.05) is 7.11 Å². The molecule has 1 aromatic carbocycles. The Morgan fingerprint density at radius 1 is 1.29 bits per heavy atom. The molecule has 1 aromatic rings. The summed E-state index contributed by atoms with van der Waals surface area (Å²) in [4.78, 5) is 13.1. The number of aliphatic hydroxyl groups is 3. The Morgan fingerprint density at radius 3 is 2.66 bits per heavy atom. The molecule has 192 valence electrons. The first-order valence-electron chi connectivity index (χ1n) is 12.1. The van der Waals surface area contributed by atoms with Crippen LogP contribution in [0, 0.1) is 11.8 Å². The summed E-state index contributed by atoms with van der Waals surface area (Å²) in [6, 6.07) is 4.50. The van der Waals surface area contributed by atoms with Gasteiger partial charge in [-0.25, -0.2) is 0 Å². The number of hydrogen-bond donors (Lipinski definition) is 4. The number of ether oxygens (including phenoxy) is 3. The summed E-state index contributed by atoms with van der Waals surface area (Å²) < 4.78 is 17.7. The van der Waals surface area contributed by atoms with Gasteiger partial charge < -0.3 is 34.6 Å². The average molecular weight is 489 g/mol. The molecule has 4 unspecified atom stereocenters. The molecule has 0 aromatic heterocycles. The van der Waals surface area contributed by atoms with Crippen LogP contribution in [0.3, 0.4) is 0 Å². The second-order valence-corrected chi connectivity index (χ2v) is 10.8. The van der Waals surface area contributed by atoms with Crippen molar-refractivity contribution >= 4 is 5.78 Å². The number of carbonyl (C=O) groups is 1. The van der Waals surface area contributed by atoms with Crippen molar-refractivity contribution in [2.45, 2.75) is 82.9 Å². The molecule has 0 amide bonds. The lowest BCUT2D eigenvalue weighted by Gasteiger charge is -2.44. The van der Waals surface area contributed by atoms with Crippen molar-refractivity contribution in [3.05, 3.63) is 46.9 Å². The molecule has 4 N–H and O–H groups in total. The Kier molecular flexibility index (Phi) is 6.68. The lowest BCUT2D eigenvalue weighted by molar-refractivity contribution is -0.166. The molecule has 2 heterocycles. The molecule has 1 aliphatic carbocycles. The van der Waals surface area contributed by atoms with E-state index in [-0.39, 0.29) is 23.2 Å². The molecule has 35 heavy (non-hydrogen) atoms. The molecular formula is C27H36O8. The molecule has 6 atom stereocenters. The Labute approximate surface area is 205 Å². The number of benzene rings is 1. The van der Waals surface area contributed by atoms with Crippen LogP contribution in [0.5, 0.6) is 11.5 Å². The smallest absolute Gasteiger partial charge is 0.177 e. The average Bonchev–Trinajstić information content (AvgIpc) is 2.79. The van der Waals surface area contributed by atoms with Crippen LogP contribution in [0.15, 0.2) is 41.4 Å². The van der Waals surface area contributed by atoms with Crippen molar-refractivity contribution in [1.82, 2.24) is 0 Å². The maximum absolute atomic E-state index is 13.1. The zero-order valence-corrected chi connectivity index (χ0v) is 20.9. The van der Waals surface area contributed by atoms with E-state index >= 15 is 0 Å². The number of ketones is 1. The van der Waals surface area contributed by atoms with Gasteiger partial charge in [0.15, 0.2) is 17.3 Å². The predicted octanol–water partition coefficient (Wildman–Crippen LogP) is 3.85. The number of Topliss-reactive ketones (excluding diaryl/α,β-unsaturated/α-hetero) is 1. The fourth-order valence-corrected chi connectivity index (χ4v) is 5.04. The van der Waals surface area contributed by atoms with Crippen molar-refractivity contribution in [3.63, 3.8) is 0 Å². The summed E-state index contributed by atoms with van der Waals surface area (Å²) in [5, 5.41) is 42.0. The Balaban J connectivity index is 1.58. The number of aromatic hydroxyl groups is 1. The van der Waals surface area contributed by atoms with Crippen molar-refractivity contribution in [2.24, 2.45) is 11.8 Å². The first kappa shape index (κ1) is 25.5. The zero-order valence-electron chi connectivity index (χ0n) is 20.9. The third-order valence-corrected chi connectivity index (χ3v) is 7.84. The van der Waals surface area contributed by atoms with Crippen LogP contribution in [0.4, 0.5) is 0 Å². The lowest BCUT2D eigenvalue weighted by atomic mass is 9.76. The summed E-state index contributed by atoms with van der Waals surface area (Å²) in [6.07, 6.45) is 1.14. The zero-order chi connectivity index (χ0) is 25.7. The molecule has 0 radical (unpaired) electrons. The Morgan fingerprint density at radius 2 is 2.00 bits per heavy atom. The molecular weight excluding hydrogens is 452 g/mol. The lowest BCUT2D eigenvalue weighted by Crippen LogP contribution is -2.50. The van der Waals surface area contributed by atoms with E-state index in [1.54, 1.807) is 26.0 Å². The summed E-state index contributed by atoms with van der Waals surface area (Å²) in [7, 11) is 1.41. The highest BCUT2D eigenvalue weighted by Gasteiger charge is 2.50.